The van der Waals surface area contributed by atoms with E-state index >= 15 is 0 Å². The summed E-state index contributed by atoms with van der Waals surface area (Å²) in [5.41, 5.74) is 0.969. The summed E-state index contributed by atoms with van der Waals surface area (Å²) < 4.78 is 1.77. The van der Waals surface area contributed by atoms with Crippen molar-refractivity contribution in [2.45, 2.75) is 25.8 Å². The molecular formula is C11H15N5S. The topological polar surface area (TPSA) is 55.1 Å². The third-order valence-electron chi connectivity index (χ3n) is 2.89. The van der Waals surface area contributed by atoms with Crippen molar-refractivity contribution >= 4 is 23.4 Å². The highest BCUT2D eigenvalue weighted by atomic mass is 32.2. The van der Waals surface area contributed by atoms with Crippen molar-refractivity contribution in [3.05, 3.63) is 18.1 Å². The SMILES string of the molecule is Cc1cc(NC2CCCSC2)n2ncnc2n1. The van der Waals surface area contributed by atoms with Gasteiger partial charge in [0.2, 0.25) is 0 Å². The molecule has 5 nitrogen and oxygen atoms in total. The van der Waals surface area contributed by atoms with Gasteiger partial charge in [-0.2, -0.15) is 26.4 Å². The van der Waals surface area contributed by atoms with Crippen LogP contribution in [0.2, 0.25) is 0 Å². The number of rotatable bonds is 2. The van der Waals surface area contributed by atoms with Gasteiger partial charge in [0.15, 0.2) is 0 Å². The van der Waals surface area contributed by atoms with Gasteiger partial charge in [0.05, 0.1) is 0 Å². The minimum absolute atomic E-state index is 0.531. The van der Waals surface area contributed by atoms with Crippen LogP contribution >= 0.6 is 11.8 Å². The molecule has 6 heteroatoms. The smallest absolute Gasteiger partial charge is 0.254 e. The summed E-state index contributed by atoms with van der Waals surface area (Å²) in [6.07, 6.45) is 4.06. The van der Waals surface area contributed by atoms with Crippen LogP contribution in [0.15, 0.2) is 12.4 Å². The van der Waals surface area contributed by atoms with Crippen LogP contribution in [0, 0.1) is 6.92 Å². The Morgan fingerprint density at radius 1 is 1.53 bits per heavy atom. The standard InChI is InChI=1S/C11H15N5S/c1-8-5-10(15-9-3-2-4-17-6-9)16-11(14-8)12-7-13-16/h5,7,9,15H,2-4,6H2,1H3. The fourth-order valence-corrected chi connectivity index (χ4v) is 3.17. The van der Waals surface area contributed by atoms with Gasteiger partial charge in [-0.1, -0.05) is 0 Å². The van der Waals surface area contributed by atoms with E-state index in [-0.39, 0.29) is 0 Å². The molecular weight excluding hydrogens is 234 g/mol. The van der Waals surface area contributed by atoms with Gasteiger partial charge in [0.25, 0.3) is 5.78 Å². The summed E-state index contributed by atoms with van der Waals surface area (Å²) in [6.45, 7) is 1.98. The van der Waals surface area contributed by atoms with Crippen LogP contribution < -0.4 is 5.32 Å². The van der Waals surface area contributed by atoms with Crippen LogP contribution in [0.25, 0.3) is 5.78 Å². The van der Waals surface area contributed by atoms with Crippen molar-refractivity contribution in [1.82, 2.24) is 19.6 Å². The van der Waals surface area contributed by atoms with Crippen LogP contribution in [-0.2, 0) is 0 Å². The number of fused-ring (bicyclic) bond motifs is 1. The molecule has 0 aliphatic carbocycles. The molecule has 0 aromatic carbocycles. The van der Waals surface area contributed by atoms with E-state index in [4.69, 9.17) is 0 Å². The maximum atomic E-state index is 4.33. The van der Waals surface area contributed by atoms with Crippen molar-refractivity contribution in [3.8, 4) is 0 Å². The molecule has 17 heavy (non-hydrogen) atoms. The van der Waals surface area contributed by atoms with Gasteiger partial charge in [-0.15, -0.1) is 0 Å². The lowest BCUT2D eigenvalue weighted by atomic mass is 10.2. The first-order valence-electron chi connectivity index (χ1n) is 5.84. The number of nitrogens with one attached hydrogen (secondary N) is 1. The lowest BCUT2D eigenvalue weighted by Crippen LogP contribution is -2.27. The summed E-state index contributed by atoms with van der Waals surface area (Å²) in [5.74, 6) is 4.11. The molecule has 0 spiro atoms. The third kappa shape index (κ3) is 2.22. The average Bonchev–Trinajstić information content (AvgIpc) is 2.78. The fraction of sp³-hybridized carbons (Fsp3) is 0.545. The molecule has 1 N–H and O–H groups in total. The number of aryl methyl sites for hydroxylation is 1. The predicted molar refractivity (Wildman–Crippen MR) is 69.5 cm³/mol. The van der Waals surface area contributed by atoms with Gasteiger partial charge < -0.3 is 5.32 Å². The fourth-order valence-electron chi connectivity index (χ4n) is 2.10. The van der Waals surface area contributed by atoms with Crippen LogP contribution in [0.5, 0.6) is 0 Å². The third-order valence-corrected chi connectivity index (χ3v) is 4.11. The molecule has 0 amide bonds. The summed E-state index contributed by atoms with van der Waals surface area (Å²) in [5, 5.41) is 7.75. The number of aromatic nitrogens is 4. The maximum absolute atomic E-state index is 4.33. The second-order valence-corrected chi connectivity index (χ2v) is 5.46. The minimum atomic E-state index is 0.531. The van der Waals surface area contributed by atoms with Crippen LogP contribution in [-0.4, -0.2) is 37.1 Å². The van der Waals surface area contributed by atoms with Gasteiger partial charge >= 0.3 is 0 Å². The summed E-state index contributed by atoms with van der Waals surface area (Å²) in [4.78, 5) is 8.46. The van der Waals surface area contributed by atoms with Crippen molar-refractivity contribution in [1.29, 1.82) is 0 Å². The molecule has 2 aromatic heterocycles. The first kappa shape index (κ1) is 10.8. The Balaban J connectivity index is 1.90. The molecule has 3 rings (SSSR count). The average molecular weight is 249 g/mol. The quantitative estimate of drug-likeness (QED) is 0.878. The Kier molecular flexibility index (Phi) is 2.88. The Morgan fingerprint density at radius 2 is 2.47 bits per heavy atom. The molecule has 0 bridgehead atoms. The van der Waals surface area contributed by atoms with Gasteiger partial charge in [-0.25, -0.2) is 4.98 Å². The van der Waals surface area contributed by atoms with Crippen molar-refractivity contribution in [3.63, 3.8) is 0 Å². The van der Waals surface area contributed by atoms with E-state index in [9.17, 15) is 0 Å². The maximum Gasteiger partial charge on any atom is 0.254 e. The Labute approximate surface area is 104 Å². The molecule has 3 heterocycles. The summed E-state index contributed by atoms with van der Waals surface area (Å²) in [6, 6.07) is 2.56. The van der Waals surface area contributed by atoms with E-state index in [1.165, 1.54) is 18.6 Å². The molecule has 1 saturated heterocycles. The minimum Gasteiger partial charge on any atom is -0.366 e. The van der Waals surface area contributed by atoms with Crippen molar-refractivity contribution in [2.75, 3.05) is 16.8 Å². The Hall–Kier alpha value is -1.30. The number of thioether (sulfide) groups is 1. The van der Waals surface area contributed by atoms with E-state index in [2.05, 4.69) is 20.4 Å². The van der Waals surface area contributed by atoms with E-state index in [1.807, 2.05) is 24.8 Å². The zero-order chi connectivity index (χ0) is 11.7. The Morgan fingerprint density at radius 3 is 3.29 bits per heavy atom. The Bertz CT molecular complexity index is 518. The predicted octanol–water partition coefficient (Wildman–Crippen LogP) is 1.74. The lowest BCUT2D eigenvalue weighted by molar-refractivity contribution is 0.677. The molecule has 1 fully saturated rings. The van der Waals surface area contributed by atoms with Crippen LogP contribution in [0.4, 0.5) is 5.82 Å². The normalized spacial score (nSPS) is 20.6. The van der Waals surface area contributed by atoms with Crippen LogP contribution in [0.1, 0.15) is 18.5 Å². The first-order chi connectivity index (χ1) is 8.33. The van der Waals surface area contributed by atoms with Gasteiger partial charge in [0, 0.05) is 23.6 Å². The highest BCUT2D eigenvalue weighted by Crippen LogP contribution is 2.21. The molecule has 90 valence electrons. The second-order valence-electron chi connectivity index (χ2n) is 4.31. The van der Waals surface area contributed by atoms with E-state index in [0.717, 1.165) is 17.3 Å². The van der Waals surface area contributed by atoms with Crippen molar-refractivity contribution < 1.29 is 0 Å². The number of hydrogen-bond acceptors (Lipinski definition) is 5. The summed E-state index contributed by atoms with van der Waals surface area (Å²) >= 11 is 2.01. The molecule has 1 unspecified atom stereocenters. The number of nitrogens with zero attached hydrogens (tertiary/aromatic N) is 4. The van der Waals surface area contributed by atoms with E-state index in [0.29, 0.717) is 11.8 Å². The number of hydrogen-bond donors (Lipinski definition) is 1. The largest absolute Gasteiger partial charge is 0.366 e. The van der Waals surface area contributed by atoms with Gasteiger partial charge in [-0.05, 0) is 25.5 Å². The highest BCUT2D eigenvalue weighted by molar-refractivity contribution is 7.99. The molecule has 2 aromatic rings. The lowest BCUT2D eigenvalue weighted by Gasteiger charge is -2.23. The zero-order valence-corrected chi connectivity index (χ0v) is 10.6. The van der Waals surface area contributed by atoms with Gasteiger partial charge in [-0.3, -0.25) is 0 Å². The highest BCUT2D eigenvalue weighted by Gasteiger charge is 2.15. The second kappa shape index (κ2) is 4.52. The molecule has 1 aliphatic rings. The molecule has 1 atom stereocenters. The van der Waals surface area contributed by atoms with Crippen molar-refractivity contribution in [2.24, 2.45) is 0 Å². The zero-order valence-electron chi connectivity index (χ0n) is 9.76. The monoisotopic (exact) mass is 249 g/mol. The summed E-state index contributed by atoms with van der Waals surface area (Å²) in [7, 11) is 0. The van der Waals surface area contributed by atoms with Gasteiger partial charge in [0.1, 0.15) is 12.1 Å². The molecule has 0 radical (unpaired) electrons. The first-order valence-corrected chi connectivity index (χ1v) is 7.00. The van der Waals surface area contributed by atoms with Crippen LogP contribution in [0.3, 0.4) is 0 Å². The van der Waals surface area contributed by atoms with E-state index < -0.39 is 0 Å². The van der Waals surface area contributed by atoms with E-state index in [1.54, 1.807) is 10.8 Å². The number of anilines is 1. The molecule has 0 saturated carbocycles. The molecule has 1 aliphatic heterocycles.